The van der Waals surface area contributed by atoms with Crippen molar-refractivity contribution in [3.05, 3.63) is 12.2 Å². The number of cyclic esters (lactones) is 1. The van der Waals surface area contributed by atoms with Crippen molar-refractivity contribution in [1.82, 2.24) is 0 Å². The van der Waals surface area contributed by atoms with E-state index in [-0.39, 0.29) is 24.6 Å². The molecule has 4 nitrogen and oxygen atoms in total. The molecule has 4 heteroatoms. The van der Waals surface area contributed by atoms with Gasteiger partial charge in [-0.1, -0.05) is 19.1 Å². The van der Waals surface area contributed by atoms with Gasteiger partial charge in [0.1, 0.15) is 6.10 Å². The standard InChI is InChI=1S/C13H22O4/c1-10-9-17-12(14)8-6-4-3-5-7-11(16-2)13(10)15/h5,7,10-11,13,15H,3-4,6,8-9H2,1-2H3/t10-,11+,13+/m1/s1. The number of ether oxygens (including phenoxy) is 2. The molecule has 0 saturated carbocycles. The van der Waals surface area contributed by atoms with Crippen LogP contribution in [0.2, 0.25) is 0 Å². The molecule has 0 aliphatic carbocycles. The summed E-state index contributed by atoms with van der Waals surface area (Å²) in [6, 6.07) is 0. The Morgan fingerprint density at radius 2 is 2.24 bits per heavy atom. The number of aliphatic hydroxyl groups excluding tert-OH is 1. The molecule has 1 rings (SSSR count). The van der Waals surface area contributed by atoms with Gasteiger partial charge in [-0.25, -0.2) is 0 Å². The topological polar surface area (TPSA) is 55.8 Å². The summed E-state index contributed by atoms with van der Waals surface area (Å²) in [5, 5.41) is 10.0. The molecule has 1 aliphatic rings. The maximum Gasteiger partial charge on any atom is 0.305 e. The van der Waals surface area contributed by atoms with Crippen molar-refractivity contribution in [3.63, 3.8) is 0 Å². The van der Waals surface area contributed by atoms with E-state index in [4.69, 9.17) is 9.47 Å². The summed E-state index contributed by atoms with van der Waals surface area (Å²) in [6.45, 7) is 2.09. The van der Waals surface area contributed by atoms with Crippen LogP contribution in [-0.2, 0) is 14.3 Å². The normalized spacial score (nSPS) is 32.4. The van der Waals surface area contributed by atoms with Crippen LogP contribution in [0.1, 0.15) is 32.6 Å². The zero-order valence-corrected chi connectivity index (χ0v) is 10.6. The molecule has 0 aromatic carbocycles. The van der Waals surface area contributed by atoms with E-state index in [0.29, 0.717) is 6.42 Å². The average molecular weight is 242 g/mol. The summed E-state index contributed by atoms with van der Waals surface area (Å²) >= 11 is 0. The van der Waals surface area contributed by atoms with Crippen LogP contribution in [0.4, 0.5) is 0 Å². The predicted octanol–water partition coefficient (Wildman–Crippen LogP) is 1.67. The summed E-state index contributed by atoms with van der Waals surface area (Å²) in [5.74, 6) is -0.310. The molecule has 0 saturated heterocycles. The first-order chi connectivity index (χ1) is 8.15. The van der Waals surface area contributed by atoms with Crippen molar-refractivity contribution >= 4 is 5.97 Å². The van der Waals surface area contributed by atoms with Crippen molar-refractivity contribution in [3.8, 4) is 0 Å². The Hall–Kier alpha value is -0.870. The molecule has 0 radical (unpaired) electrons. The Labute approximate surface area is 103 Å². The molecule has 0 fully saturated rings. The van der Waals surface area contributed by atoms with E-state index >= 15 is 0 Å². The van der Waals surface area contributed by atoms with Crippen LogP contribution in [0.15, 0.2) is 12.2 Å². The average Bonchev–Trinajstić information content (AvgIpc) is 2.33. The Morgan fingerprint density at radius 1 is 1.47 bits per heavy atom. The van der Waals surface area contributed by atoms with E-state index < -0.39 is 6.10 Å². The van der Waals surface area contributed by atoms with Crippen LogP contribution >= 0.6 is 0 Å². The lowest BCUT2D eigenvalue weighted by Gasteiger charge is -2.24. The van der Waals surface area contributed by atoms with Gasteiger partial charge in [-0.15, -0.1) is 0 Å². The number of allylic oxidation sites excluding steroid dienone is 1. The highest BCUT2D eigenvalue weighted by Crippen LogP contribution is 2.14. The minimum Gasteiger partial charge on any atom is -0.465 e. The molecule has 0 spiro atoms. The summed E-state index contributed by atoms with van der Waals surface area (Å²) in [5.41, 5.74) is 0. The van der Waals surface area contributed by atoms with Crippen LogP contribution in [0.5, 0.6) is 0 Å². The van der Waals surface area contributed by atoms with Gasteiger partial charge in [0.15, 0.2) is 0 Å². The molecule has 1 aliphatic heterocycles. The molecule has 0 unspecified atom stereocenters. The monoisotopic (exact) mass is 242 g/mol. The quantitative estimate of drug-likeness (QED) is 0.561. The fourth-order valence-corrected chi connectivity index (χ4v) is 1.81. The lowest BCUT2D eigenvalue weighted by atomic mass is 9.99. The first-order valence-corrected chi connectivity index (χ1v) is 6.18. The predicted molar refractivity (Wildman–Crippen MR) is 64.5 cm³/mol. The van der Waals surface area contributed by atoms with Crippen LogP contribution in [0.25, 0.3) is 0 Å². The van der Waals surface area contributed by atoms with Gasteiger partial charge < -0.3 is 14.6 Å². The smallest absolute Gasteiger partial charge is 0.305 e. The fraction of sp³-hybridized carbons (Fsp3) is 0.769. The van der Waals surface area contributed by atoms with Gasteiger partial charge in [0.05, 0.1) is 12.7 Å². The number of hydrogen-bond donors (Lipinski definition) is 1. The Morgan fingerprint density at radius 3 is 2.94 bits per heavy atom. The molecule has 0 aromatic heterocycles. The summed E-state index contributed by atoms with van der Waals surface area (Å²) < 4.78 is 10.3. The molecular weight excluding hydrogens is 220 g/mol. The number of hydrogen-bond acceptors (Lipinski definition) is 4. The van der Waals surface area contributed by atoms with Gasteiger partial charge in [-0.3, -0.25) is 4.79 Å². The van der Waals surface area contributed by atoms with Gasteiger partial charge in [-0.05, 0) is 19.3 Å². The van der Waals surface area contributed by atoms with Crippen LogP contribution in [0.3, 0.4) is 0 Å². The number of esters is 1. The van der Waals surface area contributed by atoms with Crippen molar-refractivity contribution in [2.45, 2.75) is 44.8 Å². The van der Waals surface area contributed by atoms with Gasteiger partial charge >= 0.3 is 5.97 Å². The van der Waals surface area contributed by atoms with E-state index in [1.807, 2.05) is 19.1 Å². The maximum atomic E-state index is 11.3. The first-order valence-electron chi connectivity index (χ1n) is 6.18. The van der Waals surface area contributed by atoms with E-state index in [1.165, 1.54) is 0 Å². The number of aliphatic hydroxyl groups is 1. The Bertz CT molecular complexity index is 262. The molecule has 0 aromatic rings. The molecule has 1 N–H and O–H groups in total. The molecule has 0 bridgehead atoms. The van der Waals surface area contributed by atoms with Crippen molar-refractivity contribution in [2.24, 2.45) is 5.92 Å². The second-order valence-electron chi connectivity index (χ2n) is 4.53. The number of rotatable bonds is 1. The summed E-state index contributed by atoms with van der Waals surface area (Å²) in [7, 11) is 1.57. The molecule has 98 valence electrons. The zero-order chi connectivity index (χ0) is 12.7. The zero-order valence-electron chi connectivity index (χ0n) is 10.6. The van der Waals surface area contributed by atoms with Crippen LogP contribution < -0.4 is 0 Å². The lowest BCUT2D eigenvalue weighted by molar-refractivity contribution is -0.147. The van der Waals surface area contributed by atoms with Gasteiger partial charge in [-0.2, -0.15) is 0 Å². The summed E-state index contributed by atoms with van der Waals surface area (Å²) in [6.07, 6.45) is 6.08. The molecule has 0 amide bonds. The van der Waals surface area contributed by atoms with E-state index in [1.54, 1.807) is 7.11 Å². The second-order valence-corrected chi connectivity index (χ2v) is 4.53. The minimum absolute atomic E-state index is 0.132. The molecule has 3 atom stereocenters. The van der Waals surface area contributed by atoms with E-state index in [0.717, 1.165) is 19.3 Å². The third kappa shape index (κ3) is 4.88. The Kier molecular flexibility index (Phi) is 6.22. The Balaban J connectivity index is 2.64. The highest BCUT2D eigenvalue weighted by atomic mass is 16.5. The number of carbonyl (C=O) groups excluding carboxylic acids is 1. The SMILES string of the molecule is CO[C@H]1C=CCCCCC(=O)OC[C@@H](C)[C@@H]1O. The molecule has 1 heterocycles. The largest absolute Gasteiger partial charge is 0.465 e. The van der Waals surface area contributed by atoms with Crippen molar-refractivity contribution < 1.29 is 19.4 Å². The number of methoxy groups -OCH3 is 1. The lowest BCUT2D eigenvalue weighted by Crippen LogP contribution is -2.35. The minimum atomic E-state index is -0.650. The van der Waals surface area contributed by atoms with Gasteiger partial charge in [0.25, 0.3) is 0 Å². The fourth-order valence-electron chi connectivity index (χ4n) is 1.81. The van der Waals surface area contributed by atoms with Gasteiger partial charge in [0.2, 0.25) is 0 Å². The number of carbonyl (C=O) groups is 1. The maximum absolute atomic E-state index is 11.3. The third-order valence-corrected chi connectivity index (χ3v) is 3.03. The van der Waals surface area contributed by atoms with Crippen molar-refractivity contribution in [1.29, 1.82) is 0 Å². The van der Waals surface area contributed by atoms with Crippen LogP contribution in [0, 0.1) is 5.92 Å². The highest BCUT2D eigenvalue weighted by molar-refractivity contribution is 5.69. The third-order valence-electron chi connectivity index (χ3n) is 3.03. The first kappa shape index (κ1) is 14.2. The second kappa shape index (κ2) is 7.45. The molecular formula is C13H22O4. The summed E-state index contributed by atoms with van der Waals surface area (Å²) in [4.78, 5) is 11.3. The molecule has 17 heavy (non-hydrogen) atoms. The highest BCUT2D eigenvalue weighted by Gasteiger charge is 2.24. The van der Waals surface area contributed by atoms with E-state index in [2.05, 4.69) is 0 Å². The van der Waals surface area contributed by atoms with E-state index in [9.17, 15) is 9.90 Å². The van der Waals surface area contributed by atoms with Crippen LogP contribution in [-0.4, -0.2) is 37.0 Å². The van der Waals surface area contributed by atoms with Crippen molar-refractivity contribution in [2.75, 3.05) is 13.7 Å². The van der Waals surface area contributed by atoms with Gasteiger partial charge in [0, 0.05) is 19.4 Å².